The molecule has 12 heteroatoms. The molecule has 0 aliphatic rings. The Morgan fingerprint density at radius 2 is 2.00 bits per heavy atom. The zero-order chi connectivity index (χ0) is 20.4. The monoisotopic (exact) mass is 446 g/mol. The number of thiazole rings is 1. The SMILES string of the molecule is CN(C)CCCN(C(=O)c1ccc([N+](=O)[O-])o1)c1nc2c(F)cc(F)cc2s1.Cl. The van der Waals surface area contributed by atoms with Gasteiger partial charge in [0, 0.05) is 12.6 Å². The highest BCUT2D eigenvalue weighted by molar-refractivity contribution is 7.22. The fourth-order valence-electron chi connectivity index (χ4n) is 2.56. The van der Waals surface area contributed by atoms with E-state index in [2.05, 4.69) is 4.98 Å². The standard InChI is InChI=1S/C17H16F2N4O4S.ClH/c1-21(2)6-3-7-22(16(24)12-4-5-14(27-12)23(25)26)17-20-15-11(19)8-10(18)9-13(15)28-17;/h4-5,8-9H,3,6-7H2,1-2H3;1H. The summed E-state index contributed by atoms with van der Waals surface area (Å²) in [5.41, 5.74) is -0.0442. The first-order valence-electron chi connectivity index (χ1n) is 8.22. The van der Waals surface area contributed by atoms with E-state index in [9.17, 15) is 23.7 Å². The van der Waals surface area contributed by atoms with Crippen molar-refractivity contribution in [1.29, 1.82) is 0 Å². The number of amides is 1. The average molecular weight is 447 g/mol. The van der Waals surface area contributed by atoms with Gasteiger partial charge in [-0.1, -0.05) is 11.3 Å². The lowest BCUT2D eigenvalue weighted by Gasteiger charge is -2.19. The van der Waals surface area contributed by atoms with Gasteiger partial charge in [0.1, 0.15) is 16.3 Å². The molecule has 0 saturated heterocycles. The molecule has 156 valence electrons. The third-order valence-corrected chi connectivity index (χ3v) is 4.87. The first kappa shape index (κ1) is 22.7. The van der Waals surface area contributed by atoms with Gasteiger partial charge in [-0.2, -0.15) is 0 Å². The van der Waals surface area contributed by atoms with Crippen LogP contribution in [0.15, 0.2) is 28.7 Å². The van der Waals surface area contributed by atoms with Crippen molar-refractivity contribution in [2.45, 2.75) is 6.42 Å². The second-order valence-electron chi connectivity index (χ2n) is 6.24. The molecule has 1 amide bonds. The summed E-state index contributed by atoms with van der Waals surface area (Å²) in [6.45, 7) is 0.880. The number of benzene rings is 1. The van der Waals surface area contributed by atoms with Crippen LogP contribution in [-0.4, -0.2) is 47.9 Å². The minimum atomic E-state index is -0.827. The number of hydrogen-bond acceptors (Lipinski definition) is 7. The number of hydrogen-bond donors (Lipinski definition) is 0. The summed E-state index contributed by atoms with van der Waals surface area (Å²) in [5, 5.41) is 11.0. The van der Waals surface area contributed by atoms with Gasteiger partial charge >= 0.3 is 5.88 Å². The lowest BCUT2D eigenvalue weighted by Crippen LogP contribution is -2.33. The van der Waals surface area contributed by atoms with Gasteiger partial charge in [0.15, 0.2) is 16.7 Å². The number of carbonyl (C=O) groups is 1. The van der Waals surface area contributed by atoms with Crippen molar-refractivity contribution in [3.8, 4) is 0 Å². The second-order valence-corrected chi connectivity index (χ2v) is 7.25. The lowest BCUT2D eigenvalue weighted by atomic mass is 10.3. The molecule has 2 aromatic heterocycles. The average Bonchev–Trinajstić information content (AvgIpc) is 3.25. The zero-order valence-electron chi connectivity index (χ0n) is 15.4. The van der Waals surface area contributed by atoms with E-state index >= 15 is 0 Å². The summed E-state index contributed by atoms with van der Waals surface area (Å²) < 4.78 is 32.7. The molecule has 2 heterocycles. The van der Waals surface area contributed by atoms with E-state index in [0.717, 1.165) is 29.5 Å². The van der Waals surface area contributed by atoms with Crippen LogP contribution in [-0.2, 0) is 0 Å². The lowest BCUT2D eigenvalue weighted by molar-refractivity contribution is -0.402. The number of furan rings is 1. The molecule has 0 spiro atoms. The molecule has 0 bridgehead atoms. The molecule has 3 aromatic rings. The molecule has 1 aromatic carbocycles. The van der Waals surface area contributed by atoms with Gasteiger partial charge in [0.05, 0.1) is 10.8 Å². The fourth-order valence-corrected chi connectivity index (χ4v) is 3.59. The topological polar surface area (TPSA) is 92.7 Å². The van der Waals surface area contributed by atoms with Crippen molar-refractivity contribution in [3.63, 3.8) is 0 Å². The molecule has 0 unspecified atom stereocenters. The molecule has 29 heavy (non-hydrogen) atoms. The highest BCUT2D eigenvalue weighted by atomic mass is 35.5. The summed E-state index contributed by atoms with van der Waals surface area (Å²) >= 11 is 0.953. The van der Waals surface area contributed by atoms with E-state index < -0.39 is 28.3 Å². The number of carbonyl (C=O) groups excluding carboxylic acids is 1. The minimum absolute atomic E-state index is 0. The van der Waals surface area contributed by atoms with E-state index in [-0.39, 0.29) is 40.1 Å². The third kappa shape index (κ3) is 5.05. The molecule has 0 radical (unpaired) electrons. The number of aromatic nitrogens is 1. The van der Waals surface area contributed by atoms with Crippen LogP contribution >= 0.6 is 23.7 Å². The Hall–Kier alpha value is -2.63. The van der Waals surface area contributed by atoms with Crippen LogP contribution in [0.4, 0.5) is 19.8 Å². The van der Waals surface area contributed by atoms with Crippen LogP contribution in [0.1, 0.15) is 17.0 Å². The highest BCUT2D eigenvalue weighted by Crippen LogP contribution is 2.32. The number of rotatable bonds is 7. The Balaban J connectivity index is 0.00000300. The number of halogens is 3. The van der Waals surface area contributed by atoms with Crippen molar-refractivity contribution >= 4 is 50.9 Å². The Morgan fingerprint density at radius 1 is 1.28 bits per heavy atom. The summed E-state index contributed by atoms with van der Waals surface area (Å²) in [4.78, 5) is 30.3. The number of anilines is 1. The fraction of sp³-hybridized carbons (Fsp3) is 0.294. The summed E-state index contributed by atoms with van der Waals surface area (Å²) in [5.74, 6) is -3.01. The van der Waals surface area contributed by atoms with Gasteiger partial charge in [-0.25, -0.2) is 13.8 Å². The van der Waals surface area contributed by atoms with E-state index in [1.54, 1.807) is 0 Å². The largest absolute Gasteiger partial charge is 0.433 e. The Bertz CT molecular complexity index is 1040. The summed E-state index contributed by atoms with van der Waals surface area (Å²) in [6, 6.07) is 4.14. The molecule has 0 fully saturated rings. The molecule has 0 atom stereocenters. The predicted octanol–water partition coefficient (Wildman–Crippen LogP) is 4.10. The van der Waals surface area contributed by atoms with E-state index in [1.807, 2.05) is 19.0 Å². The zero-order valence-corrected chi connectivity index (χ0v) is 17.1. The second kappa shape index (κ2) is 9.25. The molecule has 0 aliphatic heterocycles. The van der Waals surface area contributed by atoms with E-state index in [1.165, 1.54) is 11.0 Å². The Morgan fingerprint density at radius 3 is 2.62 bits per heavy atom. The highest BCUT2D eigenvalue weighted by Gasteiger charge is 2.26. The van der Waals surface area contributed by atoms with Crippen LogP contribution in [0.5, 0.6) is 0 Å². The van der Waals surface area contributed by atoms with Gasteiger partial charge in [0.2, 0.25) is 0 Å². The maximum Gasteiger partial charge on any atom is 0.433 e. The van der Waals surface area contributed by atoms with Crippen molar-refractivity contribution in [3.05, 3.63) is 51.8 Å². The van der Waals surface area contributed by atoms with Crippen LogP contribution < -0.4 is 4.90 Å². The number of fused-ring (bicyclic) bond motifs is 1. The predicted molar refractivity (Wildman–Crippen MR) is 107 cm³/mol. The molecule has 0 saturated carbocycles. The number of nitro groups is 1. The van der Waals surface area contributed by atoms with Gasteiger partial charge in [-0.15, -0.1) is 12.4 Å². The maximum absolute atomic E-state index is 14.0. The van der Waals surface area contributed by atoms with Gasteiger partial charge in [-0.05, 0) is 39.2 Å². The smallest absolute Gasteiger partial charge is 0.395 e. The van der Waals surface area contributed by atoms with Crippen molar-refractivity contribution in [2.24, 2.45) is 0 Å². The molecule has 0 aliphatic carbocycles. The van der Waals surface area contributed by atoms with E-state index in [0.29, 0.717) is 13.0 Å². The molecular formula is C17H17ClF2N4O4S. The van der Waals surface area contributed by atoms with Gasteiger partial charge < -0.3 is 9.32 Å². The van der Waals surface area contributed by atoms with Crippen LogP contribution in [0.2, 0.25) is 0 Å². The third-order valence-electron chi connectivity index (χ3n) is 3.85. The summed E-state index contributed by atoms with van der Waals surface area (Å²) in [6.07, 6.45) is 0.564. The van der Waals surface area contributed by atoms with Crippen molar-refractivity contribution in [2.75, 3.05) is 32.1 Å². The van der Waals surface area contributed by atoms with Crippen LogP contribution in [0.25, 0.3) is 10.2 Å². The van der Waals surface area contributed by atoms with Crippen molar-refractivity contribution in [1.82, 2.24) is 9.88 Å². The number of nitrogens with zero attached hydrogens (tertiary/aromatic N) is 4. The molecule has 0 N–H and O–H groups in total. The van der Waals surface area contributed by atoms with Gasteiger partial charge in [0.25, 0.3) is 5.91 Å². The normalized spacial score (nSPS) is 10.9. The van der Waals surface area contributed by atoms with E-state index in [4.69, 9.17) is 4.42 Å². The first-order valence-corrected chi connectivity index (χ1v) is 9.04. The Labute approximate surface area is 174 Å². The summed E-state index contributed by atoms with van der Waals surface area (Å²) in [7, 11) is 3.75. The molecular weight excluding hydrogens is 430 g/mol. The van der Waals surface area contributed by atoms with Crippen molar-refractivity contribution < 1.29 is 22.9 Å². The molecule has 3 rings (SSSR count). The first-order chi connectivity index (χ1) is 13.3. The quantitative estimate of drug-likeness (QED) is 0.401. The minimum Gasteiger partial charge on any atom is -0.395 e. The van der Waals surface area contributed by atoms with Crippen LogP contribution in [0.3, 0.4) is 0 Å². The maximum atomic E-state index is 14.0. The van der Waals surface area contributed by atoms with Crippen LogP contribution in [0, 0.1) is 21.7 Å². The van der Waals surface area contributed by atoms with Gasteiger partial charge in [-0.3, -0.25) is 19.8 Å². The molecule has 8 nitrogen and oxygen atoms in total. The Kier molecular flexibility index (Phi) is 7.22.